The molecule has 0 aromatic heterocycles. The Morgan fingerprint density at radius 3 is 2.55 bits per heavy atom. The van der Waals surface area contributed by atoms with Crippen LogP contribution in [0.1, 0.15) is 6.42 Å². The van der Waals surface area contributed by atoms with E-state index in [0.717, 1.165) is 6.26 Å². The van der Waals surface area contributed by atoms with Gasteiger partial charge in [0.2, 0.25) is 0 Å². The van der Waals surface area contributed by atoms with Crippen molar-refractivity contribution in [2.45, 2.75) is 24.7 Å². The monoisotopic (exact) mass is 160 g/mol. The van der Waals surface area contributed by atoms with Crippen LogP contribution in [0, 0.1) is 0 Å². The second kappa shape index (κ2) is 3.71. The summed E-state index contributed by atoms with van der Waals surface area (Å²) in [7, 11) is 0. The molecule has 1 heterocycles. The zero-order valence-corrected chi connectivity index (χ0v) is 6.05. The molecule has 3 N–H and O–H groups in total. The molecule has 0 aliphatic carbocycles. The second-order valence-corrected chi connectivity index (χ2v) is 2.58. The average Bonchev–Trinajstić information content (AvgIpc) is 1.98. The summed E-state index contributed by atoms with van der Waals surface area (Å²) in [6.07, 6.45) is 0.837. The van der Waals surface area contributed by atoms with Gasteiger partial charge in [-0.1, -0.05) is 0 Å². The van der Waals surface area contributed by atoms with Gasteiger partial charge in [0.25, 0.3) is 0 Å². The van der Waals surface area contributed by atoms with Crippen LogP contribution >= 0.6 is 0 Å². The third kappa shape index (κ3) is 2.18. The van der Waals surface area contributed by atoms with Gasteiger partial charge in [-0.05, 0) is 6.08 Å². The van der Waals surface area contributed by atoms with E-state index in [4.69, 9.17) is 20.1 Å². The van der Waals surface area contributed by atoms with E-state index in [1.165, 1.54) is 6.08 Å². The Kier molecular flexibility index (Phi) is 2.87. The first-order chi connectivity index (χ1) is 5.24. The molecule has 1 saturated heterocycles. The molecule has 1 fully saturated rings. The van der Waals surface area contributed by atoms with Gasteiger partial charge in [-0.3, -0.25) is 0 Å². The van der Waals surface area contributed by atoms with E-state index in [2.05, 4.69) is 0 Å². The summed E-state index contributed by atoms with van der Waals surface area (Å²) < 4.78 is 5.04. The summed E-state index contributed by atoms with van der Waals surface area (Å²) in [5.41, 5.74) is 0. The molecule has 4 nitrogen and oxygen atoms in total. The van der Waals surface area contributed by atoms with Crippen molar-refractivity contribution in [3.63, 3.8) is 0 Å². The molecule has 0 amide bonds. The summed E-state index contributed by atoms with van der Waals surface area (Å²) in [6.45, 7) is 0.121. The predicted molar refractivity (Wildman–Crippen MR) is 38.1 cm³/mol. The van der Waals surface area contributed by atoms with Gasteiger partial charge in [0.1, 0.15) is 6.10 Å². The van der Waals surface area contributed by atoms with Crippen LogP contribution in [0.5, 0.6) is 0 Å². The lowest BCUT2D eigenvalue weighted by molar-refractivity contribution is -0.107. The van der Waals surface area contributed by atoms with Gasteiger partial charge in [-0.25, -0.2) is 0 Å². The van der Waals surface area contributed by atoms with E-state index in [1.807, 2.05) is 0 Å². The van der Waals surface area contributed by atoms with Crippen molar-refractivity contribution >= 4 is 0 Å². The third-order valence-corrected chi connectivity index (χ3v) is 1.70. The summed E-state index contributed by atoms with van der Waals surface area (Å²) in [5.74, 6) is 0. The predicted octanol–water partition coefficient (Wildman–Crippen LogP) is -0.431. The molecule has 0 aromatic carbocycles. The van der Waals surface area contributed by atoms with E-state index in [1.54, 1.807) is 0 Å². The molecule has 0 spiro atoms. The third-order valence-electron chi connectivity index (χ3n) is 1.70. The van der Waals surface area contributed by atoms with Gasteiger partial charge in [-0.15, -0.1) is 0 Å². The molecule has 1 aliphatic heterocycles. The topological polar surface area (TPSA) is 69.9 Å². The molecule has 0 unspecified atom stereocenters. The summed E-state index contributed by atoms with van der Waals surface area (Å²) in [5, 5.41) is 26.5. The van der Waals surface area contributed by atoms with Crippen molar-refractivity contribution in [3.8, 4) is 0 Å². The normalized spacial score (nSPS) is 39.6. The van der Waals surface area contributed by atoms with Crippen LogP contribution in [0.25, 0.3) is 0 Å². The van der Waals surface area contributed by atoms with Crippen molar-refractivity contribution in [2.75, 3.05) is 6.61 Å². The number of ether oxygens (including phenoxy) is 1. The number of hydrogen-bond acceptors (Lipinski definition) is 4. The molecular weight excluding hydrogens is 148 g/mol. The minimum Gasteiger partial charge on any atom is -0.516 e. The zero-order valence-electron chi connectivity index (χ0n) is 6.05. The summed E-state index contributed by atoms with van der Waals surface area (Å²) >= 11 is 0. The molecule has 0 aromatic rings. The van der Waals surface area contributed by atoms with Gasteiger partial charge >= 0.3 is 0 Å². The van der Waals surface area contributed by atoms with Crippen LogP contribution < -0.4 is 0 Å². The molecule has 64 valence electrons. The Labute approximate surface area is 64.7 Å². The first-order valence-electron chi connectivity index (χ1n) is 3.52. The van der Waals surface area contributed by atoms with Crippen molar-refractivity contribution in [2.24, 2.45) is 0 Å². The van der Waals surface area contributed by atoms with Crippen molar-refractivity contribution in [1.29, 1.82) is 0 Å². The minimum absolute atomic E-state index is 0.121. The fourth-order valence-corrected chi connectivity index (χ4v) is 1.03. The highest BCUT2D eigenvalue weighted by Gasteiger charge is 2.26. The SMILES string of the molecule is O/C=C\[C@@H]1C[C@H](O)[C@H](O)CO1. The van der Waals surface area contributed by atoms with Crippen LogP contribution in [0.4, 0.5) is 0 Å². The molecular formula is C7H12O4. The average molecular weight is 160 g/mol. The first kappa shape index (κ1) is 8.52. The molecule has 0 bridgehead atoms. The Hall–Kier alpha value is -0.580. The highest BCUT2D eigenvalue weighted by atomic mass is 16.5. The van der Waals surface area contributed by atoms with Crippen LogP contribution in [0.15, 0.2) is 12.3 Å². The summed E-state index contributed by atoms with van der Waals surface area (Å²) in [4.78, 5) is 0. The molecule has 11 heavy (non-hydrogen) atoms. The van der Waals surface area contributed by atoms with Crippen molar-refractivity contribution < 1.29 is 20.1 Å². The van der Waals surface area contributed by atoms with E-state index in [9.17, 15) is 0 Å². The number of rotatable bonds is 1. The van der Waals surface area contributed by atoms with Gasteiger partial charge in [-0.2, -0.15) is 0 Å². The van der Waals surface area contributed by atoms with Crippen LogP contribution in [0.3, 0.4) is 0 Å². The fraction of sp³-hybridized carbons (Fsp3) is 0.714. The highest BCUT2D eigenvalue weighted by molar-refractivity contribution is 4.89. The molecule has 1 rings (SSSR count). The van der Waals surface area contributed by atoms with Gasteiger partial charge in [0.05, 0.1) is 25.1 Å². The Balaban J connectivity index is 2.39. The van der Waals surface area contributed by atoms with E-state index in [0.29, 0.717) is 6.42 Å². The summed E-state index contributed by atoms with van der Waals surface area (Å²) in [6, 6.07) is 0. The maximum atomic E-state index is 9.13. The number of aliphatic hydroxyl groups excluding tert-OH is 3. The number of aliphatic hydroxyl groups is 3. The van der Waals surface area contributed by atoms with Gasteiger partial charge in [0, 0.05) is 6.42 Å². The Morgan fingerprint density at radius 1 is 1.27 bits per heavy atom. The maximum absolute atomic E-state index is 9.13. The standard InChI is InChI=1S/C7H12O4/c8-2-1-5-3-6(9)7(10)4-11-5/h1-2,5-10H,3-4H2/b2-1-/t5-,6+,7-/m1/s1. The largest absolute Gasteiger partial charge is 0.516 e. The van der Waals surface area contributed by atoms with Crippen LogP contribution in [-0.4, -0.2) is 40.2 Å². The Morgan fingerprint density at radius 2 is 2.00 bits per heavy atom. The molecule has 1 aliphatic rings. The lowest BCUT2D eigenvalue weighted by Crippen LogP contribution is -2.40. The van der Waals surface area contributed by atoms with Crippen LogP contribution in [0.2, 0.25) is 0 Å². The highest BCUT2D eigenvalue weighted by Crippen LogP contribution is 2.14. The van der Waals surface area contributed by atoms with E-state index >= 15 is 0 Å². The molecule has 3 atom stereocenters. The quantitative estimate of drug-likeness (QED) is 0.455. The fourth-order valence-electron chi connectivity index (χ4n) is 1.03. The van der Waals surface area contributed by atoms with Gasteiger partial charge in [0.15, 0.2) is 0 Å². The Bertz CT molecular complexity index is 145. The number of hydrogen-bond donors (Lipinski definition) is 3. The zero-order chi connectivity index (χ0) is 8.27. The maximum Gasteiger partial charge on any atom is 0.103 e. The van der Waals surface area contributed by atoms with Crippen LogP contribution in [-0.2, 0) is 4.74 Å². The molecule has 0 saturated carbocycles. The van der Waals surface area contributed by atoms with Crippen molar-refractivity contribution in [3.05, 3.63) is 12.3 Å². The van der Waals surface area contributed by atoms with Crippen molar-refractivity contribution in [1.82, 2.24) is 0 Å². The molecule has 0 radical (unpaired) electrons. The van der Waals surface area contributed by atoms with E-state index in [-0.39, 0.29) is 12.7 Å². The van der Waals surface area contributed by atoms with Gasteiger partial charge < -0.3 is 20.1 Å². The smallest absolute Gasteiger partial charge is 0.103 e. The lowest BCUT2D eigenvalue weighted by Gasteiger charge is -2.28. The van der Waals surface area contributed by atoms with E-state index < -0.39 is 12.2 Å². The minimum atomic E-state index is -0.793. The first-order valence-corrected chi connectivity index (χ1v) is 3.52. The second-order valence-electron chi connectivity index (χ2n) is 2.58. The lowest BCUT2D eigenvalue weighted by atomic mass is 10.0. The molecule has 4 heteroatoms.